The number of aryl methyl sites for hydroxylation is 1. The minimum atomic E-state index is -2.09. The molecule has 0 bridgehead atoms. The monoisotopic (exact) mass is 378 g/mol. The number of ether oxygens (including phenoxy) is 3. The number of phenols is 1. The van der Waals surface area contributed by atoms with Gasteiger partial charge in [0.2, 0.25) is 17.1 Å². The molecule has 0 fully saturated rings. The van der Waals surface area contributed by atoms with Gasteiger partial charge in [0.15, 0.2) is 5.76 Å². The summed E-state index contributed by atoms with van der Waals surface area (Å²) in [6.07, 6.45) is 0.733. The number of benzene rings is 1. The van der Waals surface area contributed by atoms with Crippen molar-refractivity contribution < 1.29 is 29.2 Å². The molecule has 0 saturated heterocycles. The highest BCUT2D eigenvalue weighted by Crippen LogP contribution is 2.51. The van der Waals surface area contributed by atoms with Crippen molar-refractivity contribution in [3.63, 3.8) is 0 Å². The van der Waals surface area contributed by atoms with E-state index in [-0.39, 0.29) is 35.0 Å². The van der Waals surface area contributed by atoms with Gasteiger partial charge in [-0.2, -0.15) is 0 Å². The van der Waals surface area contributed by atoms with Gasteiger partial charge in [0.05, 0.1) is 19.3 Å². The maximum atomic E-state index is 13.0. The van der Waals surface area contributed by atoms with Gasteiger partial charge in [0.1, 0.15) is 11.5 Å². The fraction of sp³-hybridized carbons (Fsp3) is 0.571. The summed E-state index contributed by atoms with van der Waals surface area (Å²) in [5.41, 5.74) is -0.877. The van der Waals surface area contributed by atoms with Crippen molar-refractivity contribution in [2.75, 3.05) is 7.11 Å². The Bertz CT molecular complexity index is 762. The van der Waals surface area contributed by atoms with Crippen LogP contribution in [0.5, 0.6) is 11.5 Å². The summed E-state index contributed by atoms with van der Waals surface area (Å²) in [4.78, 5) is 13.0. The number of carbonyl (C=O) groups excluding carboxylic acids is 1. The van der Waals surface area contributed by atoms with E-state index >= 15 is 0 Å². The Morgan fingerprint density at radius 1 is 1.15 bits per heavy atom. The molecule has 1 aliphatic carbocycles. The molecule has 0 heterocycles. The van der Waals surface area contributed by atoms with Crippen LogP contribution >= 0.6 is 0 Å². The number of aromatic hydroxyl groups is 1. The van der Waals surface area contributed by atoms with Gasteiger partial charge >= 0.3 is 0 Å². The van der Waals surface area contributed by atoms with Crippen molar-refractivity contribution >= 4 is 5.78 Å². The molecule has 2 rings (SSSR count). The second-order valence-corrected chi connectivity index (χ2v) is 7.38. The highest BCUT2D eigenvalue weighted by atomic mass is 16.6. The van der Waals surface area contributed by atoms with E-state index < -0.39 is 11.4 Å². The normalized spacial score (nSPS) is 19.6. The molecule has 0 amide bonds. The van der Waals surface area contributed by atoms with Crippen molar-refractivity contribution in [3.05, 3.63) is 34.3 Å². The Balaban J connectivity index is 2.76. The van der Waals surface area contributed by atoms with Crippen molar-refractivity contribution in [3.8, 4) is 11.5 Å². The van der Waals surface area contributed by atoms with Gasteiger partial charge in [0.25, 0.3) is 0 Å². The summed E-state index contributed by atoms with van der Waals surface area (Å²) < 4.78 is 16.8. The SMILES string of the molecule is CCCc1c(OC)cc(C)c(O)c1C1(O)C(=O)C(OC(C)C)=C1OC(C)C. The Morgan fingerprint density at radius 3 is 2.22 bits per heavy atom. The number of aliphatic hydroxyl groups is 1. The lowest BCUT2D eigenvalue weighted by Crippen LogP contribution is -2.51. The van der Waals surface area contributed by atoms with Crippen LogP contribution in [0.1, 0.15) is 57.7 Å². The van der Waals surface area contributed by atoms with E-state index in [1.165, 1.54) is 7.11 Å². The van der Waals surface area contributed by atoms with Crippen molar-refractivity contribution in [1.29, 1.82) is 0 Å². The average molecular weight is 378 g/mol. The molecule has 1 unspecified atom stereocenters. The highest BCUT2D eigenvalue weighted by molar-refractivity contribution is 6.11. The molecular formula is C21H30O6. The summed E-state index contributed by atoms with van der Waals surface area (Å²) in [6.45, 7) is 10.9. The fourth-order valence-corrected chi connectivity index (χ4v) is 3.30. The Labute approximate surface area is 160 Å². The zero-order valence-electron chi connectivity index (χ0n) is 17.2. The number of hydrogen-bond donors (Lipinski definition) is 2. The largest absolute Gasteiger partial charge is 0.507 e. The first-order chi connectivity index (χ1) is 12.6. The van der Waals surface area contributed by atoms with Crippen LogP contribution in [0.25, 0.3) is 0 Å². The third kappa shape index (κ3) is 3.50. The second kappa shape index (κ2) is 7.80. The van der Waals surface area contributed by atoms with Gasteiger partial charge in [-0.05, 0) is 52.7 Å². The summed E-state index contributed by atoms with van der Waals surface area (Å²) in [6, 6.07) is 1.70. The number of rotatable bonds is 8. The fourth-order valence-electron chi connectivity index (χ4n) is 3.30. The lowest BCUT2D eigenvalue weighted by atomic mass is 9.73. The third-order valence-corrected chi connectivity index (χ3v) is 4.42. The molecule has 0 radical (unpaired) electrons. The summed E-state index contributed by atoms with van der Waals surface area (Å²) >= 11 is 0. The lowest BCUT2D eigenvalue weighted by molar-refractivity contribution is -0.152. The van der Waals surface area contributed by atoms with Crippen LogP contribution in [0, 0.1) is 6.92 Å². The number of carbonyl (C=O) groups is 1. The second-order valence-electron chi connectivity index (χ2n) is 7.38. The first kappa shape index (κ1) is 21.1. The van der Waals surface area contributed by atoms with E-state index in [1.807, 2.05) is 6.92 Å². The number of ketones is 1. The minimum Gasteiger partial charge on any atom is -0.507 e. The van der Waals surface area contributed by atoms with Crippen molar-refractivity contribution in [2.24, 2.45) is 0 Å². The van der Waals surface area contributed by atoms with Gasteiger partial charge in [0, 0.05) is 11.1 Å². The van der Waals surface area contributed by atoms with E-state index in [0.717, 1.165) is 6.42 Å². The van der Waals surface area contributed by atoms with Crippen molar-refractivity contribution in [1.82, 2.24) is 0 Å². The molecule has 0 saturated carbocycles. The predicted octanol–water partition coefficient (Wildman–Crippen LogP) is 3.49. The number of Topliss-reactive ketones (excluding diaryl/α,β-unsaturated/α-hetero) is 1. The van der Waals surface area contributed by atoms with E-state index in [2.05, 4.69) is 0 Å². The van der Waals surface area contributed by atoms with Gasteiger partial charge in [-0.25, -0.2) is 0 Å². The van der Waals surface area contributed by atoms with Crippen LogP contribution in [-0.2, 0) is 26.3 Å². The Kier molecular flexibility index (Phi) is 6.10. The molecule has 6 heteroatoms. The molecule has 2 N–H and O–H groups in total. The van der Waals surface area contributed by atoms with E-state index in [4.69, 9.17) is 14.2 Å². The summed E-state index contributed by atoms with van der Waals surface area (Å²) in [7, 11) is 1.52. The predicted molar refractivity (Wildman–Crippen MR) is 102 cm³/mol. The minimum absolute atomic E-state index is 0.00326. The Morgan fingerprint density at radius 2 is 1.74 bits per heavy atom. The van der Waals surface area contributed by atoms with E-state index in [9.17, 15) is 15.0 Å². The molecule has 0 spiro atoms. The number of methoxy groups -OCH3 is 1. The smallest absolute Gasteiger partial charge is 0.245 e. The number of hydrogen-bond acceptors (Lipinski definition) is 6. The molecule has 150 valence electrons. The Hall–Kier alpha value is -2.21. The van der Waals surface area contributed by atoms with Crippen LogP contribution < -0.4 is 4.74 Å². The van der Waals surface area contributed by atoms with Crippen LogP contribution in [-0.4, -0.2) is 35.3 Å². The molecule has 1 aromatic rings. The molecule has 1 atom stereocenters. The van der Waals surface area contributed by atoms with Gasteiger partial charge in [-0.15, -0.1) is 0 Å². The van der Waals surface area contributed by atoms with Crippen LogP contribution in [0.4, 0.5) is 0 Å². The molecule has 6 nitrogen and oxygen atoms in total. The highest BCUT2D eigenvalue weighted by Gasteiger charge is 2.60. The summed E-state index contributed by atoms with van der Waals surface area (Å²) in [5, 5.41) is 22.2. The summed E-state index contributed by atoms with van der Waals surface area (Å²) in [5.74, 6) is -0.193. The molecule has 1 aromatic carbocycles. The quantitative estimate of drug-likeness (QED) is 0.720. The molecule has 27 heavy (non-hydrogen) atoms. The maximum Gasteiger partial charge on any atom is 0.245 e. The number of phenolic OH excluding ortho intramolecular Hbond substituents is 1. The van der Waals surface area contributed by atoms with Gasteiger partial charge < -0.3 is 24.4 Å². The lowest BCUT2D eigenvalue weighted by Gasteiger charge is -2.41. The van der Waals surface area contributed by atoms with Crippen molar-refractivity contribution in [2.45, 2.75) is 72.2 Å². The topological polar surface area (TPSA) is 85.2 Å². The molecule has 0 aliphatic heterocycles. The van der Waals surface area contributed by atoms with Crippen LogP contribution in [0.15, 0.2) is 17.6 Å². The molecule has 1 aliphatic rings. The maximum absolute atomic E-state index is 13.0. The third-order valence-electron chi connectivity index (χ3n) is 4.42. The molecule has 0 aromatic heterocycles. The standard InChI is InChI=1S/C21H30O6/c1-8-9-14-15(25-7)10-13(6)17(22)16(14)21(24)19(23)18(26-11(2)3)20(21)27-12(4)5/h10-12,22,24H,8-9H2,1-7H3. The first-order valence-electron chi connectivity index (χ1n) is 9.34. The van der Waals surface area contributed by atoms with E-state index in [0.29, 0.717) is 23.3 Å². The van der Waals surface area contributed by atoms with Gasteiger partial charge in [-0.3, -0.25) is 4.79 Å². The van der Waals surface area contributed by atoms with Crippen LogP contribution in [0.2, 0.25) is 0 Å². The van der Waals surface area contributed by atoms with E-state index in [1.54, 1.807) is 40.7 Å². The average Bonchev–Trinajstić information content (AvgIpc) is 2.60. The van der Waals surface area contributed by atoms with Crippen LogP contribution in [0.3, 0.4) is 0 Å². The first-order valence-corrected chi connectivity index (χ1v) is 9.34. The molecular weight excluding hydrogens is 348 g/mol. The zero-order chi connectivity index (χ0) is 20.5. The van der Waals surface area contributed by atoms with Gasteiger partial charge in [-0.1, -0.05) is 13.3 Å². The zero-order valence-corrected chi connectivity index (χ0v) is 17.2.